The van der Waals surface area contributed by atoms with E-state index >= 15 is 0 Å². The van der Waals surface area contributed by atoms with Gasteiger partial charge in [0.1, 0.15) is 12.4 Å². The highest BCUT2D eigenvalue weighted by Gasteiger charge is 2.34. The number of ketones is 1. The van der Waals surface area contributed by atoms with Crippen LogP contribution in [-0.4, -0.2) is 19.0 Å². The molecule has 0 saturated carbocycles. The van der Waals surface area contributed by atoms with E-state index in [2.05, 4.69) is 0 Å². The Morgan fingerprint density at radius 1 is 1.35 bits per heavy atom. The van der Waals surface area contributed by atoms with Crippen LogP contribution in [0.25, 0.3) is 0 Å². The van der Waals surface area contributed by atoms with Gasteiger partial charge >= 0.3 is 6.18 Å². The molecule has 0 aliphatic rings. The Hall–Kier alpha value is -1.43. The molecule has 0 unspecified atom stereocenters. The SMILES string of the molecule is CCOCC(=O)c1ccc(C(F)(F)F)c(F)c1. The monoisotopic (exact) mass is 250 g/mol. The van der Waals surface area contributed by atoms with Crippen LogP contribution in [-0.2, 0) is 10.9 Å². The molecular formula is C11H10F4O2. The third-order valence-electron chi connectivity index (χ3n) is 2.03. The lowest BCUT2D eigenvalue weighted by molar-refractivity contribution is -0.140. The fourth-order valence-electron chi connectivity index (χ4n) is 1.20. The van der Waals surface area contributed by atoms with Crippen LogP contribution in [0.3, 0.4) is 0 Å². The van der Waals surface area contributed by atoms with Gasteiger partial charge in [-0.05, 0) is 19.1 Å². The molecule has 1 rings (SSSR count). The summed E-state index contributed by atoms with van der Waals surface area (Å²) in [6, 6.07) is 2.06. The second-order valence-corrected chi connectivity index (χ2v) is 3.25. The standard InChI is InChI=1S/C11H10F4O2/c1-2-17-6-10(16)7-3-4-8(9(12)5-7)11(13,14)15/h3-5H,2,6H2,1H3. The van der Waals surface area contributed by atoms with E-state index in [1.54, 1.807) is 6.92 Å². The van der Waals surface area contributed by atoms with Gasteiger partial charge in [0.25, 0.3) is 0 Å². The smallest absolute Gasteiger partial charge is 0.374 e. The van der Waals surface area contributed by atoms with E-state index in [9.17, 15) is 22.4 Å². The molecule has 0 aliphatic carbocycles. The summed E-state index contributed by atoms with van der Waals surface area (Å²) in [6.07, 6.45) is -4.76. The van der Waals surface area contributed by atoms with E-state index in [0.717, 1.165) is 6.07 Å². The van der Waals surface area contributed by atoms with E-state index in [4.69, 9.17) is 4.74 Å². The van der Waals surface area contributed by atoms with Crippen molar-refractivity contribution < 1.29 is 27.1 Å². The summed E-state index contributed by atoms with van der Waals surface area (Å²) in [7, 11) is 0. The summed E-state index contributed by atoms with van der Waals surface area (Å²) < 4.78 is 54.6. The predicted molar refractivity (Wildman–Crippen MR) is 52.2 cm³/mol. The number of hydrogen-bond donors (Lipinski definition) is 0. The number of carbonyl (C=O) groups is 1. The highest BCUT2D eigenvalue weighted by molar-refractivity contribution is 5.97. The Bertz CT molecular complexity index is 412. The van der Waals surface area contributed by atoms with Gasteiger partial charge in [-0.15, -0.1) is 0 Å². The van der Waals surface area contributed by atoms with Crippen molar-refractivity contribution in [2.24, 2.45) is 0 Å². The molecule has 0 atom stereocenters. The van der Waals surface area contributed by atoms with Gasteiger partial charge in [-0.25, -0.2) is 4.39 Å². The van der Waals surface area contributed by atoms with Gasteiger partial charge in [0, 0.05) is 12.2 Å². The Labute approximate surface area is 95.2 Å². The molecule has 0 heterocycles. The van der Waals surface area contributed by atoms with E-state index < -0.39 is 23.3 Å². The van der Waals surface area contributed by atoms with Gasteiger partial charge in [0.2, 0.25) is 0 Å². The number of rotatable bonds is 4. The van der Waals surface area contributed by atoms with Crippen LogP contribution in [0, 0.1) is 5.82 Å². The Morgan fingerprint density at radius 2 is 2.00 bits per heavy atom. The molecule has 0 aromatic heterocycles. The summed E-state index contributed by atoms with van der Waals surface area (Å²) in [5.74, 6) is -2.01. The molecule has 6 heteroatoms. The van der Waals surface area contributed by atoms with Crippen LogP contribution < -0.4 is 0 Å². The molecule has 0 saturated heterocycles. The first-order valence-electron chi connectivity index (χ1n) is 4.84. The summed E-state index contributed by atoms with van der Waals surface area (Å²) in [6.45, 7) is 1.69. The van der Waals surface area contributed by atoms with E-state index in [1.807, 2.05) is 0 Å². The number of ether oxygens (including phenoxy) is 1. The number of benzene rings is 1. The predicted octanol–water partition coefficient (Wildman–Crippen LogP) is 3.06. The molecule has 2 nitrogen and oxygen atoms in total. The Morgan fingerprint density at radius 3 is 2.47 bits per heavy atom. The highest BCUT2D eigenvalue weighted by atomic mass is 19.4. The maximum absolute atomic E-state index is 13.1. The van der Waals surface area contributed by atoms with Gasteiger partial charge in [-0.3, -0.25) is 4.79 Å². The third kappa shape index (κ3) is 3.52. The third-order valence-corrected chi connectivity index (χ3v) is 2.03. The van der Waals surface area contributed by atoms with Crippen LogP contribution in [0.15, 0.2) is 18.2 Å². The van der Waals surface area contributed by atoms with E-state index in [1.165, 1.54) is 0 Å². The van der Waals surface area contributed by atoms with Gasteiger partial charge in [0.15, 0.2) is 5.78 Å². The van der Waals surface area contributed by atoms with Gasteiger partial charge in [-0.2, -0.15) is 13.2 Å². The van der Waals surface area contributed by atoms with Crippen LogP contribution in [0.1, 0.15) is 22.8 Å². The normalized spacial score (nSPS) is 11.6. The molecule has 1 aromatic carbocycles. The molecule has 0 bridgehead atoms. The summed E-state index contributed by atoms with van der Waals surface area (Å²) in [5, 5.41) is 0. The average molecular weight is 250 g/mol. The lowest BCUT2D eigenvalue weighted by Crippen LogP contribution is -2.12. The van der Waals surface area contributed by atoms with Crippen molar-refractivity contribution in [1.82, 2.24) is 0 Å². The zero-order valence-electron chi connectivity index (χ0n) is 8.97. The van der Waals surface area contributed by atoms with Crippen molar-refractivity contribution in [3.63, 3.8) is 0 Å². The number of carbonyl (C=O) groups excluding carboxylic acids is 1. The molecule has 0 fully saturated rings. The van der Waals surface area contributed by atoms with Crippen LogP contribution >= 0.6 is 0 Å². The van der Waals surface area contributed by atoms with E-state index in [0.29, 0.717) is 18.7 Å². The summed E-state index contributed by atoms with van der Waals surface area (Å²) >= 11 is 0. The zero-order valence-corrected chi connectivity index (χ0v) is 8.97. The fraction of sp³-hybridized carbons (Fsp3) is 0.364. The van der Waals surface area contributed by atoms with Gasteiger partial charge in [-0.1, -0.05) is 6.07 Å². The van der Waals surface area contributed by atoms with Crippen molar-refractivity contribution in [3.05, 3.63) is 35.1 Å². The molecule has 1 aromatic rings. The van der Waals surface area contributed by atoms with Crippen molar-refractivity contribution in [2.45, 2.75) is 13.1 Å². The van der Waals surface area contributed by atoms with Gasteiger partial charge < -0.3 is 4.74 Å². The lowest BCUT2D eigenvalue weighted by atomic mass is 10.1. The maximum atomic E-state index is 13.1. The average Bonchev–Trinajstić information content (AvgIpc) is 2.23. The van der Waals surface area contributed by atoms with Crippen molar-refractivity contribution in [2.75, 3.05) is 13.2 Å². The first-order chi connectivity index (χ1) is 7.86. The second kappa shape index (κ2) is 5.27. The Kier molecular flexibility index (Phi) is 4.22. The van der Waals surface area contributed by atoms with Crippen LogP contribution in [0.5, 0.6) is 0 Å². The first kappa shape index (κ1) is 13.6. The molecular weight excluding hydrogens is 240 g/mol. The fourth-order valence-corrected chi connectivity index (χ4v) is 1.20. The topological polar surface area (TPSA) is 26.3 Å². The van der Waals surface area contributed by atoms with Crippen molar-refractivity contribution >= 4 is 5.78 Å². The summed E-state index contributed by atoms with van der Waals surface area (Å²) in [5.41, 5.74) is -1.52. The minimum absolute atomic E-state index is 0.135. The highest BCUT2D eigenvalue weighted by Crippen LogP contribution is 2.31. The number of hydrogen-bond acceptors (Lipinski definition) is 2. The number of Topliss-reactive ketones (excluding diaryl/α,β-unsaturated/α-hetero) is 1. The van der Waals surface area contributed by atoms with Gasteiger partial charge in [0.05, 0.1) is 5.56 Å². The molecule has 0 amide bonds. The minimum Gasteiger partial charge on any atom is -0.374 e. The second-order valence-electron chi connectivity index (χ2n) is 3.25. The molecule has 17 heavy (non-hydrogen) atoms. The maximum Gasteiger partial charge on any atom is 0.419 e. The zero-order chi connectivity index (χ0) is 13.1. The number of halogens is 4. The molecule has 0 aliphatic heterocycles. The molecule has 0 radical (unpaired) electrons. The number of alkyl halides is 3. The minimum atomic E-state index is -4.76. The van der Waals surface area contributed by atoms with Crippen molar-refractivity contribution in [3.8, 4) is 0 Å². The Balaban J connectivity index is 2.93. The molecule has 94 valence electrons. The van der Waals surface area contributed by atoms with Crippen LogP contribution in [0.2, 0.25) is 0 Å². The molecule has 0 spiro atoms. The largest absolute Gasteiger partial charge is 0.419 e. The lowest BCUT2D eigenvalue weighted by Gasteiger charge is -2.08. The quantitative estimate of drug-likeness (QED) is 0.606. The van der Waals surface area contributed by atoms with Crippen molar-refractivity contribution in [1.29, 1.82) is 0 Å². The van der Waals surface area contributed by atoms with Crippen LogP contribution in [0.4, 0.5) is 17.6 Å². The first-order valence-corrected chi connectivity index (χ1v) is 4.84. The summed E-state index contributed by atoms with van der Waals surface area (Å²) in [4.78, 5) is 11.3. The van der Waals surface area contributed by atoms with E-state index in [-0.39, 0.29) is 12.2 Å². The molecule has 0 N–H and O–H groups in total.